The van der Waals surface area contributed by atoms with Crippen LogP contribution in [0.2, 0.25) is 0 Å². The molecule has 0 spiro atoms. The monoisotopic (exact) mass is 282 g/mol. The van der Waals surface area contributed by atoms with Gasteiger partial charge in [0.25, 0.3) is 0 Å². The van der Waals surface area contributed by atoms with Crippen LogP contribution in [-0.4, -0.2) is 12.4 Å². The molecule has 4 aliphatic rings. The third-order valence-corrected chi connectivity index (χ3v) is 6.62. The summed E-state index contributed by atoms with van der Waals surface area (Å²) in [4.78, 5) is 12.9. The van der Waals surface area contributed by atoms with Crippen molar-refractivity contribution in [3.8, 4) is 5.75 Å². The topological polar surface area (TPSA) is 26.3 Å². The molecule has 5 rings (SSSR count). The van der Waals surface area contributed by atoms with Crippen molar-refractivity contribution in [3.05, 3.63) is 29.3 Å². The first-order valence-electron chi connectivity index (χ1n) is 8.38. The second-order valence-corrected chi connectivity index (χ2v) is 8.26. The Morgan fingerprint density at radius 3 is 2.62 bits per heavy atom. The molecule has 1 aromatic carbocycles. The zero-order valence-corrected chi connectivity index (χ0v) is 12.8. The average molecular weight is 282 g/mol. The van der Waals surface area contributed by atoms with E-state index in [1.165, 1.54) is 24.8 Å². The molecule has 1 aliphatic heterocycles. The van der Waals surface area contributed by atoms with Crippen LogP contribution in [0.3, 0.4) is 0 Å². The van der Waals surface area contributed by atoms with E-state index in [0.717, 1.165) is 41.6 Å². The third-order valence-electron chi connectivity index (χ3n) is 6.62. The Kier molecular flexibility index (Phi) is 2.17. The van der Waals surface area contributed by atoms with Crippen LogP contribution in [0.25, 0.3) is 0 Å². The molecule has 1 heterocycles. The highest BCUT2D eigenvalue weighted by molar-refractivity contribution is 6.00. The van der Waals surface area contributed by atoms with Gasteiger partial charge in [0.2, 0.25) is 0 Å². The van der Waals surface area contributed by atoms with Gasteiger partial charge in [-0.2, -0.15) is 0 Å². The number of benzene rings is 1. The Balaban J connectivity index is 1.46. The highest BCUT2D eigenvalue weighted by atomic mass is 16.5. The lowest BCUT2D eigenvalue weighted by molar-refractivity contribution is 0.0944. The molecule has 21 heavy (non-hydrogen) atoms. The summed E-state index contributed by atoms with van der Waals surface area (Å²) < 4.78 is 5.73. The van der Waals surface area contributed by atoms with Gasteiger partial charge in [0.1, 0.15) is 5.75 Å². The highest BCUT2D eigenvalue weighted by Gasteiger charge is 2.67. The quantitative estimate of drug-likeness (QED) is 0.771. The van der Waals surface area contributed by atoms with E-state index >= 15 is 0 Å². The van der Waals surface area contributed by atoms with E-state index in [0.29, 0.717) is 11.7 Å². The number of carbonyl (C=O) groups excluding carboxylic acids is 1. The van der Waals surface area contributed by atoms with Crippen LogP contribution >= 0.6 is 0 Å². The summed E-state index contributed by atoms with van der Waals surface area (Å²) >= 11 is 0. The van der Waals surface area contributed by atoms with Gasteiger partial charge in [0.15, 0.2) is 5.78 Å². The molecule has 0 N–H and O–H groups in total. The van der Waals surface area contributed by atoms with Crippen molar-refractivity contribution in [1.82, 2.24) is 0 Å². The predicted octanol–water partition coefficient (Wildman–Crippen LogP) is 3.83. The van der Waals surface area contributed by atoms with E-state index in [-0.39, 0.29) is 5.41 Å². The van der Waals surface area contributed by atoms with E-state index in [4.69, 9.17) is 4.74 Å². The maximum absolute atomic E-state index is 12.9. The van der Waals surface area contributed by atoms with Crippen LogP contribution in [0.4, 0.5) is 0 Å². The van der Waals surface area contributed by atoms with Crippen molar-refractivity contribution in [2.24, 2.45) is 29.6 Å². The highest BCUT2D eigenvalue weighted by Crippen LogP contribution is 2.70. The van der Waals surface area contributed by atoms with Crippen molar-refractivity contribution >= 4 is 5.78 Å². The molecule has 0 aromatic heterocycles. The maximum Gasteiger partial charge on any atom is 0.166 e. The molecule has 4 atom stereocenters. The number of carbonyl (C=O) groups is 1. The van der Waals surface area contributed by atoms with Crippen LogP contribution in [0.1, 0.15) is 49.0 Å². The summed E-state index contributed by atoms with van der Waals surface area (Å²) in [6.07, 6.45) is 4.16. The van der Waals surface area contributed by atoms with Gasteiger partial charge in [-0.1, -0.05) is 13.8 Å². The van der Waals surface area contributed by atoms with Gasteiger partial charge in [0, 0.05) is 22.5 Å². The number of hydrogen-bond acceptors (Lipinski definition) is 2. The van der Waals surface area contributed by atoms with E-state index in [1.807, 2.05) is 12.1 Å². The first kappa shape index (κ1) is 12.3. The fourth-order valence-corrected chi connectivity index (χ4v) is 5.54. The van der Waals surface area contributed by atoms with Gasteiger partial charge in [0.05, 0.1) is 6.61 Å². The van der Waals surface area contributed by atoms with Crippen molar-refractivity contribution in [2.75, 3.05) is 6.61 Å². The van der Waals surface area contributed by atoms with Crippen molar-refractivity contribution in [2.45, 2.75) is 38.5 Å². The summed E-state index contributed by atoms with van der Waals surface area (Å²) in [5, 5.41) is 0. The molecule has 110 valence electrons. The van der Waals surface area contributed by atoms with Gasteiger partial charge in [-0.3, -0.25) is 4.79 Å². The van der Waals surface area contributed by atoms with Gasteiger partial charge >= 0.3 is 0 Å². The van der Waals surface area contributed by atoms with E-state index < -0.39 is 0 Å². The van der Waals surface area contributed by atoms with Crippen LogP contribution in [0.15, 0.2) is 18.2 Å². The van der Waals surface area contributed by atoms with Crippen LogP contribution in [-0.2, 0) is 5.41 Å². The Morgan fingerprint density at radius 1 is 1.19 bits per heavy atom. The summed E-state index contributed by atoms with van der Waals surface area (Å²) in [5.74, 6) is 4.91. The lowest BCUT2D eigenvalue weighted by Crippen LogP contribution is -2.19. The zero-order valence-electron chi connectivity index (χ0n) is 12.8. The molecule has 3 saturated carbocycles. The molecule has 4 unspecified atom stereocenters. The van der Waals surface area contributed by atoms with Crippen LogP contribution in [0, 0.1) is 29.6 Å². The summed E-state index contributed by atoms with van der Waals surface area (Å²) in [6.45, 7) is 5.11. The number of rotatable bonds is 2. The fourth-order valence-electron chi connectivity index (χ4n) is 5.54. The molecular weight excluding hydrogens is 260 g/mol. The molecule has 2 nitrogen and oxygen atoms in total. The molecule has 2 bridgehead atoms. The minimum atomic E-state index is 0.0318. The Morgan fingerprint density at radius 2 is 1.90 bits per heavy atom. The van der Waals surface area contributed by atoms with E-state index in [9.17, 15) is 4.79 Å². The maximum atomic E-state index is 12.9. The van der Waals surface area contributed by atoms with Gasteiger partial charge < -0.3 is 4.74 Å². The van der Waals surface area contributed by atoms with Gasteiger partial charge in [-0.15, -0.1) is 0 Å². The number of Topliss-reactive ketones (excluding diaryl/α,β-unsaturated/α-hetero) is 1. The molecule has 2 heteroatoms. The van der Waals surface area contributed by atoms with E-state index in [1.54, 1.807) is 0 Å². The summed E-state index contributed by atoms with van der Waals surface area (Å²) in [7, 11) is 0. The van der Waals surface area contributed by atoms with E-state index in [2.05, 4.69) is 19.9 Å². The normalized spacial score (nSPS) is 40.6. The average Bonchev–Trinajstić information content (AvgIpc) is 2.77. The minimum Gasteiger partial charge on any atom is -0.492 e. The Hall–Kier alpha value is -1.31. The Labute approximate surface area is 125 Å². The Bertz CT molecular complexity index is 629. The van der Waals surface area contributed by atoms with Crippen molar-refractivity contribution in [1.29, 1.82) is 0 Å². The fraction of sp³-hybridized carbons (Fsp3) is 0.632. The molecule has 0 amide bonds. The van der Waals surface area contributed by atoms with Crippen LogP contribution in [0.5, 0.6) is 5.75 Å². The largest absolute Gasteiger partial charge is 0.492 e. The number of ketones is 1. The summed E-state index contributed by atoms with van der Waals surface area (Å²) in [6, 6.07) is 6.10. The number of fused-ring (bicyclic) bond motifs is 6. The third kappa shape index (κ3) is 1.51. The molecule has 0 radical (unpaired) electrons. The lowest BCUT2D eigenvalue weighted by atomic mass is 9.85. The number of ether oxygens (including phenoxy) is 1. The SMILES string of the molecule is CC1(C)COc2ccc(C(=O)C3C4C5CCC(C5)C34)cc21. The summed E-state index contributed by atoms with van der Waals surface area (Å²) in [5.41, 5.74) is 2.16. The smallest absolute Gasteiger partial charge is 0.166 e. The molecule has 3 fully saturated rings. The van der Waals surface area contributed by atoms with Crippen molar-refractivity contribution in [3.63, 3.8) is 0 Å². The predicted molar refractivity (Wildman–Crippen MR) is 80.6 cm³/mol. The first-order valence-corrected chi connectivity index (χ1v) is 8.38. The van der Waals surface area contributed by atoms with Crippen molar-refractivity contribution < 1.29 is 9.53 Å². The lowest BCUT2D eigenvalue weighted by Gasteiger charge is -2.16. The first-order chi connectivity index (χ1) is 10.1. The van der Waals surface area contributed by atoms with Gasteiger partial charge in [-0.05, 0) is 61.1 Å². The molecule has 0 saturated heterocycles. The molecule has 1 aromatic rings. The second kappa shape index (κ2) is 3.71. The molecular formula is C19H22O2. The van der Waals surface area contributed by atoms with Gasteiger partial charge in [-0.25, -0.2) is 0 Å². The second-order valence-electron chi connectivity index (χ2n) is 8.26. The zero-order chi connectivity index (χ0) is 14.4. The molecule has 3 aliphatic carbocycles. The minimum absolute atomic E-state index is 0.0318. The number of hydrogen-bond donors (Lipinski definition) is 0. The standard InChI is InChI=1S/C19H22O2/c1-19(2)9-21-14-6-5-12(8-13(14)19)18(20)17-15-10-3-4-11(7-10)16(15)17/h5-6,8,10-11,15-17H,3-4,7,9H2,1-2H3. The van der Waals surface area contributed by atoms with Crippen LogP contribution < -0.4 is 4.74 Å².